The molecule has 0 bridgehead atoms. The van der Waals surface area contributed by atoms with Gasteiger partial charge in [-0.1, -0.05) is 6.92 Å². The molecule has 0 fully saturated rings. The number of nitrogens with one attached hydrogen (secondary N) is 2. The standard InChI is InChI=1S/C11H11N3O/c1-2-8-11(15)14-10-5-7(6-12)3-4-9(10)13-8/h3-5,8,13H,2H2,1H3,(H,14,15). The van der Waals surface area contributed by atoms with E-state index in [2.05, 4.69) is 10.6 Å². The van der Waals surface area contributed by atoms with Gasteiger partial charge in [0, 0.05) is 0 Å². The van der Waals surface area contributed by atoms with Crippen LogP contribution in [-0.4, -0.2) is 11.9 Å². The van der Waals surface area contributed by atoms with Crippen LogP contribution in [0.2, 0.25) is 0 Å². The summed E-state index contributed by atoms with van der Waals surface area (Å²) in [5.41, 5.74) is 2.11. The second-order valence-corrected chi connectivity index (χ2v) is 3.47. The Labute approximate surface area is 87.9 Å². The van der Waals surface area contributed by atoms with Crippen LogP contribution in [-0.2, 0) is 4.79 Å². The highest BCUT2D eigenvalue weighted by atomic mass is 16.2. The van der Waals surface area contributed by atoms with Crippen molar-refractivity contribution in [3.05, 3.63) is 23.8 Å². The number of anilines is 2. The molecule has 1 atom stereocenters. The Bertz CT molecular complexity index is 448. The highest BCUT2D eigenvalue weighted by Crippen LogP contribution is 2.28. The topological polar surface area (TPSA) is 64.9 Å². The molecule has 4 heteroatoms. The van der Waals surface area contributed by atoms with E-state index in [9.17, 15) is 4.79 Å². The summed E-state index contributed by atoms with van der Waals surface area (Å²) in [7, 11) is 0. The van der Waals surface area contributed by atoms with Crippen LogP contribution in [0, 0.1) is 11.3 Å². The number of fused-ring (bicyclic) bond motifs is 1. The monoisotopic (exact) mass is 201 g/mol. The smallest absolute Gasteiger partial charge is 0.246 e. The molecule has 0 spiro atoms. The van der Waals surface area contributed by atoms with E-state index in [0.717, 1.165) is 12.1 Å². The molecule has 2 N–H and O–H groups in total. The molecule has 1 unspecified atom stereocenters. The second-order valence-electron chi connectivity index (χ2n) is 3.47. The van der Waals surface area contributed by atoms with Crippen molar-refractivity contribution < 1.29 is 4.79 Å². The largest absolute Gasteiger partial charge is 0.372 e. The molecule has 15 heavy (non-hydrogen) atoms. The van der Waals surface area contributed by atoms with Crippen LogP contribution >= 0.6 is 0 Å². The Balaban J connectivity index is 2.37. The molecule has 0 aromatic heterocycles. The van der Waals surface area contributed by atoms with Gasteiger partial charge in [0.25, 0.3) is 0 Å². The third-order valence-corrected chi connectivity index (χ3v) is 2.46. The van der Waals surface area contributed by atoms with Crippen LogP contribution < -0.4 is 10.6 Å². The summed E-state index contributed by atoms with van der Waals surface area (Å²) in [6, 6.07) is 7.08. The van der Waals surface area contributed by atoms with Crippen LogP contribution in [0.15, 0.2) is 18.2 Å². The zero-order chi connectivity index (χ0) is 10.8. The van der Waals surface area contributed by atoms with E-state index in [0.29, 0.717) is 11.3 Å². The number of hydrogen-bond donors (Lipinski definition) is 2. The minimum atomic E-state index is -0.176. The fourth-order valence-corrected chi connectivity index (χ4v) is 1.60. The van der Waals surface area contributed by atoms with Gasteiger partial charge in [0.1, 0.15) is 6.04 Å². The van der Waals surface area contributed by atoms with Crippen LogP contribution in [0.4, 0.5) is 11.4 Å². The van der Waals surface area contributed by atoms with E-state index in [1.807, 2.05) is 19.1 Å². The van der Waals surface area contributed by atoms with Crippen molar-refractivity contribution in [2.24, 2.45) is 0 Å². The van der Waals surface area contributed by atoms with Crippen LogP contribution in [0.25, 0.3) is 0 Å². The maximum Gasteiger partial charge on any atom is 0.246 e. The maximum atomic E-state index is 11.5. The molecule has 1 amide bonds. The van der Waals surface area contributed by atoms with Crippen molar-refractivity contribution >= 4 is 17.3 Å². The molecule has 1 aliphatic rings. The van der Waals surface area contributed by atoms with Gasteiger partial charge in [-0.25, -0.2) is 0 Å². The van der Waals surface area contributed by atoms with Gasteiger partial charge in [-0.15, -0.1) is 0 Å². The minimum absolute atomic E-state index is 0.0416. The molecule has 0 saturated heterocycles. The van der Waals surface area contributed by atoms with Gasteiger partial charge < -0.3 is 10.6 Å². The summed E-state index contributed by atoms with van der Waals surface area (Å²) in [5, 5.41) is 14.6. The molecule has 1 heterocycles. The third-order valence-electron chi connectivity index (χ3n) is 2.46. The number of carbonyl (C=O) groups is 1. The fourth-order valence-electron chi connectivity index (χ4n) is 1.60. The molecule has 1 aliphatic heterocycles. The van der Waals surface area contributed by atoms with Crippen molar-refractivity contribution in [3.8, 4) is 6.07 Å². The van der Waals surface area contributed by atoms with E-state index >= 15 is 0 Å². The Kier molecular flexibility index (Phi) is 2.30. The summed E-state index contributed by atoms with van der Waals surface area (Å²) < 4.78 is 0. The summed E-state index contributed by atoms with van der Waals surface area (Å²) in [4.78, 5) is 11.5. The average molecular weight is 201 g/mol. The van der Waals surface area contributed by atoms with Crippen molar-refractivity contribution in [2.45, 2.75) is 19.4 Å². The minimum Gasteiger partial charge on any atom is -0.372 e. The van der Waals surface area contributed by atoms with Crippen molar-refractivity contribution in [3.63, 3.8) is 0 Å². The lowest BCUT2D eigenvalue weighted by atomic mass is 10.1. The summed E-state index contributed by atoms with van der Waals surface area (Å²) >= 11 is 0. The maximum absolute atomic E-state index is 11.5. The Morgan fingerprint density at radius 3 is 2.93 bits per heavy atom. The van der Waals surface area contributed by atoms with E-state index in [1.165, 1.54) is 0 Å². The number of benzene rings is 1. The molecule has 0 aliphatic carbocycles. The van der Waals surface area contributed by atoms with Crippen LogP contribution in [0.1, 0.15) is 18.9 Å². The second kappa shape index (κ2) is 3.62. The van der Waals surface area contributed by atoms with Gasteiger partial charge in [-0.05, 0) is 24.6 Å². The van der Waals surface area contributed by atoms with E-state index < -0.39 is 0 Å². The zero-order valence-corrected chi connectivity index (χ0v) is 8.37. The number of hydrogen-bond acceptors (Lipinski definition) is 3. The molecular weight excluding hydrogens is 190 g/mol. The van der Waals surface area contributed by atoms with Crippen molar-refractivity contribution in [1.29, 1.82) is 5.26 Å². The summed E-state index contributed by atoms with van der Waals surface area (Å²) in [5.74, 6) is -0.0416. The molecule has 0 saturated carbocycles. The van der Waals surface area contributed by atoms with Gasteiger partial charge in [-0.3, -0.25) is 4.79 Å². The molecule has 2 rings (SSSR count). The molecule has 1 aromatic rings. The first-order valence-corrected chi connectivity index (χ1v) is 4.86. The molecule has 1 aromatic carbocycles. The Hall–Kier alpha value is -2.02. The van der Waals surface area contributed by atoms with Gasteiger partial charge in [-0.2, -0.15) is 5.26 Å². The number of nitriles is 1. The third kappa shape index (κ3) is 1.64. The SMILES string of the molecule is CCC1Nc2ccc(C#N)cc2NC1=O. The van der Waals surface area contributed by atoms with Gasteiger partial charge >= 0.3 is 0 Å². The quantitative estimate of drug-likeness (QED) is 0.726. The predicted octanol–water partition coefficient (Wildman–Crippen LogP) is 1.70. The lowest BCUT2D eigenvalue weighted by Gasteiger charge is -2.25. The average Bonchev–Trinajstić information content (AvgIpc) is 2.27. The van der Waals surface area contributed by atoms with Crippen molar-refractivity contribution in [1.82, 2.24) is 0 Å². The zero-order valence-electron chi connectivity index (χ0n) is 8.37. The Morgan fingerprint density at radius 2 is 2.27 bits per heavy atom. The molecule has 4 nitrogen and oxygen atoms in total. The van der Waals surface area contributed by atoms with E-state index in [-0.39, 0.29) is 11.9 Å². The highest BCUT2D eigenvalue weighted by Gasteiger charge is 2.23. The Morgan fingerprint density at radius 1 is 1.47 bits per heavy atom. The number of amides is 1. The number of rotatable bonds is 1. The summed E-state index contributed by atoms with van der Waals surface area (Å²) in [6.07, 6.45) is 0.741. The van der Waals surface area contributed by atoms with E-state index in [4.69, 9.17) is 5.26 Å². The normalized spacial score (nSPS) is 18.4. The van der Waals surface area contributed by atoms with Gasteiger partial charge in [0.2, 0.25) is 5.91 Å². The van der Waals surface area contributed by atoms with Crippen LogP contribution in [0.3, 0.4) is 0 Å². The molecular formula is C11H11N3O. The first kappa shape index (κ1) is 9.53. The van der Waals surface area contributed by atoms with E-state index in [1.54, 1.807) is 12.1 Å². The lowest BCUT2D eigenvalue weighted by molar-refractivity contribution is -0.117. The number of nitrogens with zero attached hydrogens (tertiary/aromatic N) is 1. The summed E-state index contributed by atoms with van der Waals surface area (Å²) in [6.45, 7) is 1.95. The molecule has 76 valence electrons. The lowest BCUT2D eigenvalue weighted by Crippen LogP contribution is -2.38. The van der Waals surface area contributed by atoms with Gasteiger partial charge in [0.05, 0.1) is 23.0 Å². The van der Waals surface area contributed by atoms with Crippen LogP contribution in [0.5, 0.6) is 0 Å². The first-order valence-electron chi connectivity index (χ1n) is 4.86. The fraction of sp³-hybridized carbons (Fsp3) is 0.273. The highest BCUT2D eigenvalue weighted by molar-refractivity contribution is 6.03. The molecule has 0 radical (unpaired) electrons. The van der Waals surface area contributed by atoms with Crippen molar-refractivity contribution in [2.75, 3.05) is 10.6 Å². The van der Waals surface area contributed by atoms with Gasteiger partial charge in [0.15, 0.2) is 0 Å². The first-order chi connectivity index (χ1) is 7.24. The number of carbonyl (C=O) groups excluding carboxylic acids is 1. The predicted molar refractivity (Wildman–Crippen MR) is 57.5 cm³/mol.